The van der Waals surface area contributed by atoms with Gasteiger partial charge in [0.1, 0.15) is 11.6 Å². The van der Waals surface area contributed by atoms with Crippen LogP contribution in [0.1, 0.15) is 30.7 Å². The zero-order chi connectivity index (χ0) is 17.6. The smallest absolute Gasteiger partial charge is 0.223 e. The van der Waals surface area contributed by atoms with E-state index in [1.807, 2.05) is 11.2 Å². The number of thioether (sulfide) groups is 1. The molecule has 0 aliphatic carbocycles. The summed E-state index contributed by atoms with van der Waals surface area (Å²) in [6.45, 7) is 2.65. The Kier molecular flexibility index (Phi) is 4.75. The van der Waals surface area contributed by atoms with Crippen LogP contribution >= 0.6 is 11.8 Å². The SMILES string of the molecule is CSCCC(=O)N1C[C@H](c2cc(F)cc(F)c2)[C@@H]2[C@H]1C1CCN2CC1. The van der Waals surface area contributed by atoms with Gasteiger partial charge in [0.25, 0.3) is 0 Å². The molecule has 4 aliphatic heterocycles. The van der Waals surface area contributed by atoms with E-state index >= 15 is 0 Å². The molecule has 0 unspecified atom stereocenters. The van der Waals surface area contributed by atoms with Crippen molar-refractivity contribution in [3.8, 4) is 0 Å². The summed E-state index contributed by atoms with van der Waals surface area (Å²) >= 11 is 1.68. The minimum Gasteiger partial charge on any atom is -0.337 e. The number of carbonyl (C=O) groups excluding carboxylic acids is 1. The summed E-state index contributed by atoms with van der Waals surface area (Å²) in [6, 6.07) is 4.22. The number of carbonyl (C=O) groups is 1. The van der Waals surface area contributed by atoms with Gasteiger partial charge in [-0.25, -0.2) is 8.78 Å². The molecule has 1 aromatic rings. The molecule has 1 amide bonds. The Morgan fingerprint density at radius 3 is 2.48 bits per heavy atom. The number of fused-ring (bicyclic) bond motifs is 2. The fourth-order valence-electron chi connectivity index (χ4n) is 5.12. The first-order valence-electron chi connectivity index (χ1n) is 9.07. The number of amides is 1. The lowest BCUT2D eigenvalue weighted by atomic mass is 9.75. The van der Waals surface area contributed by atoms with Crippen LogP contribution in [-0.4, -0.2) is 59.4 Å². The van der Waals surface area contributed by atoms with E-state index < -0.39 is 11.6 Å². The molecular formula is C19H24F2N2OS. The Labute approximate surface area is 151 Å². The van der Waals surface area contributed by atoms with Crippen molar-refractivity contribution in [1.29, 1.82) is 0 Å². The molecule has 25 heavy (non-hydrogen) atoms. The zero-order valence-corrected chi connectivity index (χ0v) is 15.3. The second-order valence-corrected chi connectivity index (χ2v) is 8.44. The van der Waals surface area contributed by atoms with Crippen molar-refractivity contribution in [3.63, 3.8) is 0 Å². The van der Waals surface area contributed by atoms with Crippen molar-refractivity contribution in [1.82, 2.24) is 9.80 Å². The highest BCUT2D eigenvalue weighted by Gasteiger charge is 2.54. The standard InChI is InChI=1S/C19H24F2N2OS/c1-25-7-4-17(24)23-11-16(13-8-14(20)10-15(21)9-13)19-18(23)12-2-5-22(19)6-3-12/h8-10,12,16,18-19H,2-7,11H2,1H3/t16-,18-,19-/m1/s1. The summed E-state index contributed by atoms with van der Waals surface area (Å²) in [7, 11) is 0. The number of likely N-dealkylation sites (tertiary alicyclic amines) is 1. The molecule has 4 heterocycles. The van der Waals surface area contributed by atoms with E-state index in [-0.39, 0.29) is 23.9 Å². The van der Waals surface area contributed by atoms with E-state index in [2.05, 4.69) is 4.90 Å². The van der Waals surface area contributed by atoms with Gasteiger partial charge in [0.2, 0.25) is 5.91 Å². The van der Waals surface area contributed by atoms with Gasteiger partial charge in [0, 0.05) is 36.7 Å². The zero-order valence-electron chi connectivity index (χ0n) is 14.5. The molecule has 3 nitrogen and oxygen atoms in total. The number of hydrogen-bond acceptors (Lipinski definition) is 3. The van der Waals surface area contributed by atoms with E-state index in [1.54, 1.807) is 11.8 Å². The molecule has 0 saturated carbocycles. The van der Waals surface area contributed by atoms with E-state index in [4.69, 9.17) is 0 Å². The van der Waals surface area contributed by atoms with E-state index in [0.29, 0.717) is 24.4 Å². The van der Waals surface area contributed by atoms with Gasteiger partial charge in [-0.1, -0.05) is 0 Å². The number of halogens is 2. The van der Waals surface area contributed by atoms with Gasteiger partial charge in [-0.2, -0.15) is 11.8 Å². The molecule has 3 atom stereocenters. The van der Waals surface area contributed by atoms with Crippen LogP contribution in [-0.2, 0) is 4.79 Å². The van der Waals surface area contributed by atoms with E-state index in [1.165, 1.54) is 12.1 Å². The Morgan fingerprint density at radius 1 is 1.16 bits per heavy atom. The maximum atomic E-state index is 13.8. The summed E-state index contributed by atoms with van der Waals surface area (Å²) < 4.78 is 27.6. The summed E-state index contributed by atoms with van der Waals surface area (Å²) in [4.78, 5) is 17.3. The predicted octanol–water partition coefficient (Wildman–Crippen LogP) is 3.11. The average molecular weight is 366 g/mol. The highest BCUT2D eigenvalue weighted by Crippen LogP contribution is 2.46. The van der Waals surface area contributed by atoms with Crippen molar-refractivity contribution in [2.75, 3.05) is 31.6 Å². The van der Waals surface area contributed by atoms with E-state index in [9.17, 15) is 13.6 Å². The Hall–Kier alpha value is -1.14. The third-order valence-corrected chi connectivity index (χ3v) is 6.76. The largest absolute Gasteiger partial charge is 0.337 e. The molecule has 2 bridgehead atoms. The average Bonchev–Trinajstić information content (AvgIpc) is 3.03. The number of hydrogen-bond donors (Lipinski definition) is 0. The topological polar surface area (TPSA) is 23.6 Å². The molecule has 0 radical (unpaired) electrons. The molecule has 4 aliphatic rings. The number of rotatable bonds is 4. The highest BCUT2D eigenvalue weighted by molar-refractivity contribution is 7.98. The van der Waals surface area contributed by atoms with Crippen LogP contribution in [0, 0.1) is 17.6 Å². The third kappa shape index (κ3) is 3.08. The van der Waals surface area contributed by atoms with Gasteiger partial charge in [-0.05, 0) is 55.8 Å². The van der Waals surface area contributed by atoms with Crippen LogP contribution in [0.4, 0.5) is 8.78 Å². The summed E-state index contributed by atoms with van der Waals surface area (Å²) in [5.41, 5.74) is 0.695. The third-order valence-electron chi connectivity index (χ3n) is 6.15. The molecule has 4 saturated heterocycles. The van der Waals surface area contributed by atoms with Gasteiger partial charge in [-0.3, -0.25) is 9.69 Å². The minimum absolute atomic E-state index is 0.00321. The van der Waals surface area contributed by atoms with Gasteiger partial charge in [-0.15, -0.1) is 0 Å². The second kappa shape index (κ2) is 6.88. The molecule has 6 heteroatoms. The highest BCUT2D eigenvalue weighted by atomic mass is 32.2. The number of benzene rings is 1. The lowest BCUT2D eigenvalue weighted by Crippen LogP contribution is -2.60. The maximum absolute atomic E-state index is 13.8. The van der Waals surface area contributed by atoms with Crippen LogP contribution in [0.2, 0.25) is 0 Å². The lowest BCUT2D eigenvalue weighted by Gasteiger charge is -2.51. The minimum atomic E-state index is -0.533. The molecule has 4 fully saturated rings. The van der Waals surface area contributed by atoms with E-state index in [0.717, 1.165) is 37.8 Å². The first-order valence-corrected chi connectivity index (χ1v) is 10.5. The maximum Gasteiger partial charge on any atom is 0.223 e. The number of piperidine rings is 3. The van der Waals surface area contributed by atoms with Gasteiger partial charge >= 0.3 is 0 Å². The molecule has 0 N–H and O–H groups in total. The molecule has 0 spiro atoms. The first-order chi connectivity index (χ1) is 12.1. The van der Waals surface area contributed by atoms with Crippen molar-refractivity contribution in [2.24, 2.45) is 5.92 Å². The van der Waals surface area contributed by atoms with Crippen molar-refractivity contribution in [2.45, 2.75) is 37.3 Å². The quantitative estimate of drug-likeness (QED) is 0.818. The van der Waals surface area contributed by atoms with Gasteiger partial charge in [0.15, 0.2) is 0 Å². The Bertz CT molecular complexity index is 643. The predicted molar refractivity (Wildman–Crippen MR) is 95.7 cm³/mol. The second-order valence-electron chi connectivity index (χ2n) is 7.45. The summed E-state index contributed by atoms with van der Waals surface area (Å²) in [5.74, 6) is 0.468. The van der Waals surface area contributed by atoms with Crippen molar-refractivity contribution >= 4 is 17.7 Å². The Morgan fingerprint density at radius 2 is 1.84 bits per heavy atom. The first kappa shape index (κ1) is 17.3. The summed E-state index contributed by atoms with van der Waals surface area (Å²) in [6.07, 6.45) is 4.80. The fraction of sp³-hybridized carbons (Fsp3) is 0.632. The fourth-order valence-corrected chi connectivity index (χ4v) is 5.50. The lowest BCUT2D eigenvalue weighted by molar-refractivity contribution is -0.135. The Balaban J connectivity index is 1.67. The molecule has 136 valence electrons. The molecule has 0 aromatic heterocycles. The molecule has 5 rings (SSSR count). The van der Waals surface area contributed by atoms with Crippen molar-refractivity contribution in [3.05, 3.63) is 35.4 Å². The van der Waals surface area contributed by atoms with Crippen LogP contribution < -0.4 is 0 Å². The molecule has 1 aromatic carbocycles. The van der Waals surface area contributed by atoms with Crippen LogP contribution in [0.15, 0.2) is 18.2 Å². The number of nitrogens with zero attached hydrogens (tertiary/aromatic N) is 2. The normalized spacial score (nSPS) is 33.6. The summed E-state index contributed by atoms with van der Waals surface area (Å²) in [5, 5.41) is 0. The van der Waals surface area contributed by atoms with Crippen LogP contribution in [0.25, 0.3) is 0 Å². The monoisotopic (exact) mass is 366 g/mol. The van der Waals surface area contributed by atoms with Crippen molar-refractivity contribution < 1.29 is 13.6 Å². The molecular weight excluding hydrogens is 342 g/mol. The van der Waals surface area contributed by atoms with Crippen LogP contribution in [0.3, 0.4) is 0 Å². The van der Waals surface area contributed by atoms with Crippen LogP contribution in [0.5, 0.6) is 0 Å². The van der Waals surface area contributed by atoms with Gasteiger partial charge in [0.05, 0.1) is 6.04 Å². The van der Waals surface area contributed by atoms with Gasteiger partial charge < -0.3 is 4.90 Å².